The topological polar surface area (TPSA) is 58.1 Å². The number of nitrogens with zero attached hydrogens (tertiary/aromatic N) is 1. The van der Waals surface area contributed by atoms with Crippen LogP contribution in [0, 0.1) is 5.92 Å². The van der Waals surface area contributed by atoms with E-state index in [9.17, 15) is 5.11 Å². The minimum Gasteiger partial charge on any atom is -0.496 e. The number of para-hydroxylation sites is 1. The summed E-state index contributed by atoms with van der Waals surface area (Å²) in [6, 6.07) is 18.0. The average Bonchev–Trinajstić information content (AvgIpc) is 3.61. The minimum absolute atomic E-state index is 0.0718. The number of H-pyrrole nitrogens is 1. The van der Waals surface area contributed by atoms with Crippen molar-refractivity contribution in [1.82, 2.24) is 9.97 Å². The maximum absolute atomic E-state index is 10.3. The molecule has 1 heterocycles. The smallest absolute Gasteiger partial charge is 0.126 e. The Balaban J connectivity index is 1.51. The number of methoxy groups -OCH3 is 1. The highest BCUT2D eigenvalue weighted by Gasteiger charge is 2.24. The van der Waals surface area contributed by atoms with Gasteiger partial charge in [-0.1, -0.05) is 58.9 Å². The molecule has 3 aromatic carbocycles. The van der Waals surface area contributed by atoms with Crippen molar-refractivity contribution in [3.8, 4) is 16.9 Å². The molecular formula is C28H28Cl2N2O2S. The molecule has 2 atom stereocenters. The van der Waals surface area contributed by atoms with Crippen LogP contribution in [0.2, 0.25) is 10.0 Å². The molecule has 5 rings (SSSR count). The molecule has 1 saturated carbocycles. The number of nitrogens with one attached hydrogen (secondary N) is 1. The maximum atomic E-state index is 10.3. The van der Waals surface area contributed by atoms with E-state index in [1.807, 2.05) is 30.3 Å². The Kier molecular flexibility index (Phi) is 7.21. The number of hydrogen-bond acceptors (Lipinski definition) is 3. The molecule has 1 fully saturated rings. The number of rotatable bonds is 8. The van der Waals surface area contributed by atoms with Gasteiger partial charge in [0.25, 0.3) is 0 Å². The van der Waals surface area contributed by atoms with E-state index in [2.05, 4.69) is 41.5 Å². The van der Waals surface area contributed by atoms with E-state index < -0.39 is 0 Å². The largest absolute Gasteiger partial charge is 0.496 e. The second-order valence-corrected chi connectivity index (χ2v) is 11.8. The summed E-state index contributed by atoms with van der Waals surface area (Å²) in [7, 11) is 1.80. The van der Waals surface area contributed by atoms with Crippen LogP contribution in [0.5, 0.6) is 5.75 Å². The fourth-order valence-corrected chi connectivity index (χ4v) is 7.14. The van der Waals surface area contributed by atoms with Crippen molar-refractivity contribution in [2.24, 2.45) is 5.92 Å². The van der Waals surface area contributed by atoms with Crippen molar-refractivity contribution in [2.45, 2.75) is 30.6 Å². The van der Waals surface area contributed by atoms with Crippen molar-refractivity contribution in [1.29, 1.82) is 0 Å². The number of imidazole rings is 1. The number of aromatic nitrogens is 2. The van der Waals surface area contributed by atoms with Gasteiger partial charge < -0.3 is 14.8 Å². The number of hydrogen-bond donors (Lipinski definition) is 2. The molecule has 35 heavy (non-hydrogen) atoms. The quantitative estimate of drug-likeness (QED) is 0.233. The molecule has 1 aliphatic rings. The second kappa shape index (κ2) is 10.4. The Morgan fingerprint density at radius 2 is 1.91 bits per heavy atom. The van der Waals surface area contributed by atoms with Gasteiger partial charge in [0.1, 0.15) is 17.1 Å². The predicted molar refractivity (Wildman–Crippen MR) is 149 cm³/mol. The molecule has 1 aromatic heterocycles. The Morgan fingerprint density at radius 1 is 1.17 bits per heavy atom. The minimum atomic E-state index is -0.295. The Hall–Kier alpha value is -2.31. The number of benzene rings is 3. The number of aliphatic hydroxyl groups excluding tert-OH is 1. The van der Waals surface area contributed by atoms with Gasteiger partial charge in [-0.15, -0.1) is 0 Å². The van der Waals surface area contributed by atoms with Gasteiger partial charge in [-0.25, -0.2) is 4.98 Å². The standard InChI is InChI=1S/C28H28Cl2N2O2S/c1-3-35(16-17-8-9-17)19-12-10-18(11-13-19)21(15-33)28-31-23-14-22(29)25(26(30)27(23)32-28)20-6-4-5-7-24(20)34-2/h3-7,10-14,17,21,33H,8-9,15-16H2,1-2H3,(H,31,32). The molecular weight excluding hydrogens is 499 g/mol. The molecule has 2 unspecified atom stereocenters. The number of halogens is 2. The highest BCUT2D eigenvalue weighted by molar-refractivity contribution is 8.15. The molecule has 0 bridgehead atoms. The molecule has 0 amide bonds. The summed E-state index contributed by atoms with van der Waals surface area (Å²) in [6.07, 6.45) is 2.72. The van der Waals surface area contributed by atoms with Crippen molar-refractivity contribution >= 4 is 50.1 Å². The fraction of sp³-hybridized carbons (Fsp3) is 0.286. The third-order valence-electron chi connectivity index (χ3n) is 6.56. The summed E-state index contributed by atoms with van der Waals surface area (Å²) in [4.78, 5) is 9.50. The van der Waals surface area contributed by atoms with Gasteiger partial charge in [0.15, 0.2) is 0 Å². The van der Waals surface area contributed by atoms with E-state index in [0.29, 0.717) is 32.7 Å². The van der Waals surface area contributed by atoms with Crippen LogP contribution < -0.4 is 4.74 Å². The van der Waals surface area contributed by atoms with Crippen molar-refractivity contribution in [2.75, 3.05) is 19.5 Å². The molecule has 4 nitrogen and oxygen atoms in total. The van der Waals surface area contributed by atoms with E-state index in [0.717, 1.165) is 22.6 Å². The molecule has 1 aliphatic carbocycles. The van der Waals surface area contributed by atoms with E-state index in [1.54, 1.807) is 7.11 Å². The maximum Gasteiger partial charge on any atom is 0.126 e. The highest BCUT2D eigenvalue weighted by Crippen LogP contribution is 2.44. The Morgan fingerprint density at radius 3 is 2.57 bits per heavy atom. The highest BCUT2D eigenvalue weighted by atomic mass is 35.5. The molecule has 7 heteroatoms. The van der Waals surface area contributed by atoms with Crippen molar-refractivity contribution in [3.63, 3.8) is 0 Å². The first-order chi connectivity index (χ1) is 17.0. The van der Waals surface area contributed by atoms with E-state index in [-0.39, 0.29) is 23.0 Å². The molecule has 0 spiro atoms. The van der Waals surface area contributed by atoms with Crippen LogP contribution in [0.15, 0.2) is 59.5 Å². The lowest BCUT2D eigenvalue weighted by Gasteiger charge is -2.14. The van der Waals surface area contributed by atoms with Crippen LogP contribution in [0.4, 0.5) is 0 Å². The SMILES string of the molecule is C/C=S(\CC1CC1)c1ccc(C(CO)c2nc3c(Cl)c(-c4ccccc4OC)c(Cl)cc3[nH]2)cc1. The summed E-state index contributed by atoms with van der Waals surface area (Å²) >= 11 is 13.5. The first-order valence-electron chi connectivity index (χ1n) is 11.7. The predicted octanol–water partition coefficient (Wildman–Crippen LogP) is 7.53. The summed E-state index contributed by atoms with van der Waals surface area (Å²) in [6.45, 7) is 2.08. The Labute approximate surface area is 218 Å². The third-order valence-corrected chi connectivity index (χ3v) is 9.50. The zero-order valence-electron chi connectivity index (χ0n) is 19.7. The fourth-order valence-electron chi connectivity index (χ4n) is 4.45. The monoisotopic (exact) mass is 526 g/mol. The lowest BCUT2D eigenvalue weighted by atomic mass is 9.99. The average molecular weight is 528 g/mol. The van der Waals surface area contributed by atoms with Crippen LogP contribution in [-0.2, 0) is 0 Å². The molecule has 0 radical (unpaired) electrons. The summed E-state index contributed by atoms with van der Waals surface area (Å²) in [5, 5.41) is 13.6. The normalized spacial score (nSPS) is 15.5. The summed E-state index contributed by atoms with van der Waals surface area (Å²) < 4.78 is 5.52. The van der Waals surface area contributed by atoms with E-state index in [4.69, 9.17) is 32.9 Å². The zero-order valence-corrected chi connectivity index (χ0v) is 22.1. The first-order valence-corrected chi connectivity index (χ1v) is 14.0. The Bertz CT molecular complexity index is 1390. The van der Waals surface area contributed by atoms with Gasteiger partial charge in [0, 0.05) is 16.0 Å². The van der Waals surface area contributed by atoms with Crippen molar-refractivity contribution in [3.05, 3.63) is 76.0 Å². The molecule has 2 N–H and O–H groups in total. The van der Waals surface area contributed by atoms with E-state index in [1.165, 1.54) is 23.5 Å². The lowest BCUT2D eigenvalue weighted by Crippen LogP contribution is -2.08. The van der Waals surface area contributed by atoms with Crippen LogP contribution in [0.3, 0.4) is 0 Å². The molecule has 4 aromatic rings. The van der Waals surface area contributed by atoms with Crippen LogP contribution >= 0.6 is 33.7 Å². The van der Waals surface area contributed by atoms with Gasteiger partial charge in [0.2, 0.25) is 0 Å². The lowest BCUT2D eigenvalue weighted by molar-refractivity contribution is 0.277. The van der Waals surface area contributed by atoms with Gasteiger partial charge in [0.05, 0.1) is 35.2 Å². The van der Waals surface area contributed by atoms with E-state index >= 15 is 0 Å². The number of ether oxygens (including phenoxy) is 1. The zero-order chi connectivity index (χ0) is 24.5. The van der Waals surface area contributed by atoms with Crippen LogP contribution in [0.1, 0.15) is 37.1 Å². The van der Waals surface area contributed by atoms with Gasteiger partial charge in [-0.05, 0) is 61.3 Å². The number of aliphatic hydroxyl groups is 1. The van der Waals surface area contributed by atoms with Crippen LogP contribution in [-0.4, -0.2) is 39.9 Å². The second-order valence-electron chi connectivity index (χ2n) is 8.84. The first kappa shape index (κ1) is 24.4. The third kappa shape index (κ3) is 4.88. The molecule has 182 valence electrons. The number of fused-ring (bicyclic) bond motifs is 1. The van der Waals surface area contributed by atoms with Gasteiger partial charge in [-0.2, -0.15) is 10.5 Å². The van der Waals surface area contributed by atoms with Gasteiger partial charge in [-0.3, -0.25) is 0 Å². The summed E-state index contributed by atoms with van der Waals surface area (Å²) in [5.74, 6) is 3.18. The number of aromatic amines is 1. The molecule has 0 saturated heterocycles. The van der Waals surface area contributed by atoms with Crippen LogP contribution in [0.25, 0.3) is 22.2 Å². The van der Waals surface area contributed by atoms with Gasteiger partial charge >= 0.3 is 0 Å². The molecule has 0 aliphatic heterocycles. The summed E-state index contributed by atoms with van der Waals surface area (Å²) in [5.41, 5.74) is 3.84. The van der Waals surface area contributed by atoms with Crippen molar-refractivity contribution < 1.29 is 9.84 Å².